The Bertz CT molecular complexity index is 683. The molecule has 0 aliphatic rings. The highest BCUT2D eigenvalue weighted by Crippen LogP contribution is 2.35. The van der Waals surface area contributed by atoms with Gasteiger partial charge >= 0.3 is 11.7 Å². The van der Waals surface area contributed by atoms with Gasteiger partial charge in [-0.05, 0) is 19.4 Å². The van der Waals surface area contributed by atoms with Gasteiger partial charge in [-0.25, -0.2) is 9.59 Å². The van der Waals surface area contributed by atoms with E-state index in [2.05, 4.69) is 9.97 Å². The van der Waals surface area contributed by atoms with E-state index >= 15 is 0 Å². The van der Waals surface area contributed by atoms with E-state index in [9.17, 15) is 14.7 Å². The summed E-state index contributed by atoms with van der Waals surface area (Å²) in [4.78, 5) is 28.9. The van der Waals surface area contributed by atoms with Crippen molar-refractivity contribution >= 4 is 17.7 Å². The van der Waals surface area contributed by atoms with E-state index in [1.165, 1.54) is 11.8 Å². The van der Waals surface area contributed by atoms with Gasteiger partial charge in [-0.1, -0.05) is 42.1 Å². The number of carbonyl (C=O) groups is 1. The van der Waals surface area contributed by atoms with Crippen molar-refractivity contribution in [2.75, 3.05) is 0 Å². The van der Waals surface area contributed by atoms with Crippen LogP contribution in [0.4, 0.5) is 0 Å². The summed E-state index contributed by atoms with van der Waals surface area (Å²) in [5.74, 6) is -1.09. The molecule has 0 bridgehead atoms. The number of aromatic amines is 1. The second-order valence-corrected chi connectivity index (χ2v) is 5.65. The van der Waals surface area contributed by atoms with Gasteiger partial charge in [-0.15, -0.1) is 0 Å². The third-order valence-corrected chi connectivity index (χ3v) is 4.00. The molecule has 0 saturated carbocycles. The minimum absolute atomic E-state index is 0.00278. The van der Waals surface area contributed by atoms with Crippen LogP contribution in [0.15, 0.2) is 40.2 Å². The van der Waals surface area contributed by atoms with Crippen molar-refractivity contribution in [1.82, 2.24) is 9.97 Å². The van der Waals surface area contributed by atoms with Gasteiger partial charge in [0.25, 0.3) is 0 Å². The largest absolute Gasteiger partial charge is 0.478 e. The van der Waals surface area contributed by atoms with Crippen LogP contribution in [0.3, 0.4) is 0 Å². The van der Waals surface area contributed by atoms with Crippen LogP contribution >= 0.6 is 11.8 Å². The smallest absolute Gasteiger partial charge is 0.346 e. The number of thioether (sulfide) groups is 1. The molecule has 0 spiro atoms. The predicted molar refractivity (Wildman–Crippen MR) is 77.3 cm³/mol. The zero-order valence-electron chi connectivity index (χ0n) is 11.1. The Balaban J connectivity index is 2.38. The van der Waals surface area contributed by atoms with Gasteiger partial charge in [-0.2, -0.15) is 4.98 Å². The van der Waals surface area contributed by atoms with Crippen LogP contribution in [0.5, 0.6) is 0 Å². The Morgan fingerprint density at radius 1 is 1.35 bits per heavy atom. The standard InChI is InChI=1S/C14H14N2O3S/c1-8-11(13(17)18)12(16-14(19)15-8)20-9(2)10-6-4-3-5-7-10/h3-7,9H,1-2H3,(H,17,18)(H,15,16,19). The molecule has 2 N–H and O–H groups in total. The van der Waals surface area contributed by atoms with Crippen LogP contribution in [0.25, 0.3) is 0 Å². The molecule has 1 atom stereocenters. The van der Waals surface area contributed by atoms with E-state index in [0.717, 1.165) is 5.56 Å². The molecule has 1 aromatic heterocycles. The summed E-state index contributed by atoms with van der Waals surface area (Å²) >= 11 is 1.27. The lowest BCUT2D eigenvalue weighted by Gasteiger charge is -2.13. The highest BCUT2D eigenvalue weighted by Gasteiger charge is 2.19. The van der Waals surface area contributed by atoms with Gasteiger partial charge in [0, 0.05) is 10.9 Å². The molecule has 2 rings (SSSR count). The molecule has 1 heterocycles. The van der Waals surface area contributed by atoms with Gasteiger partial charge < -0.3 is 10.1 Å². The molecule has 1 aromatic carbocycles. The molecule has 6 heteroatoms. The van der Waals surface area contributed by atoms with E-state index in [1.54, 1.807) is 6.92 Å². The molecule has 104 valence electrons. The normalized spacial score (nSPS) is 12.1. The fraction of sp³-hybridized carbons (Fsp3) is 0.214. The summed E-state index contributed by atoms with van der Waals surface area (Å²) < 4.78 is 0. The van der Waals surface area contributed by atoms with Crippen molar-refractivity contribution in [2.24, 2.45) is 0 Å². The van der Waals surface area contributed by atoms with E-state index in [-0.39, 0.29) is 15.8 Å². The van der Waals surface area contributed by atoms with Crippen molar-refractivity contribution in [1.29, 1.82) is 0 Å². The SMILES string of the molecule is Cc1[nH]c(=O)nc(SC(C)c2ccccc2)c1C(=O)O. The quantitative estimate of drug-likeness (QED) is 0.668. The van der Waals surface area contributed by atoms with Gasteiger partial charge in [0.15, 0.2) is 0 Å². The third kappa shape index (κ3) is 3.08. The van der Waals surface area contributed by atoms with Crippen molar-refractivity contribution in [3.05, 3.63) is 57.6 Å². The lowest BCUT2D eigenvalue weighted by Crippen LogP contribution is -2.18. The Labute approximate surface area is 120 Å². The molecule has 0 fully saturated rings. The predicted octanol–water partition coefficient (Wildman–Crippen LogP) is 2.63. The summed E-state index contributed by atoms with van der Waals surface area (Å²) in [6.45, 7) is 3.51. The number of carboxylic acids is 1. The molecule has 0 saturated heterocycles. The minimum Gasteiger partial charge on any atom is -0.478 e. The zero-order chi connectivity index (χ0) is 14.7. The number of rotatable bonds is 4. The molecule has 2 aromatic rings. The first kappa shape index (κ1) is 14.3. The van der Waals surface area contributed by atoms with Gasteiger partial charge in [0.1, 0.15) is 10.6 Å². The Hall–Kier alpha value is -2.08. The van der Waals surface area contributed by atoms with Crippen molar-refractivity contribution in [3.63, 3.8) is 0 Å². The van der Waals surface area contributed by atoms with Crippen LogP contribution in [-0.2, 0) is 0 Å². The van der Waals surface area contributed by atoms with Crippen molar-refractivity contribution in [2.45, 2.75) is 24.1 Å². The van der Waals surface area contributed by atoms with Crippen LogP contribution in [0.1, 0.15) is 33.8 Å². The molecular formula is C14H14N2O3S. The number of hydrogen-bond donors (Lipinski definition) is 2. The fourth-order valence-electron chi connectivity index (χ4n) is 1.86. The molecule has 1 unspecified atom stereocenters. The highest BCUT2D eigenvalue weighted by atomic mass is 32.2. The monoisotopic (exact) mass is 290 g/mol. The van der Waals surface area contributed by atoms with Crippen LogP contribution < -0.4 is 5.69 Å². The number of aromatic nitrogens is 2. The topological polar surface area (TPSA) is 83.0 Å². The maximum absolute atomic E-state index is 11.4. The second-order valence-electron chi connectivity index (χ2n) is 4.32. The average molecular weight is 290 g/mol. The minimum atomic E-state index is -1.09. The number of nitrogens with one attached hydrogen (secondary N) is 1. The van der Waals surface area contributed by atoms with Crippen LogP contribution in [0, 0.1) is 6.92 Å². The summed E-state index contributed by atoms with van der Waals surface area (Å²) in [6.07, 6.45) is 0. The number of carboxylic acid groups (broad SMARTS) is 1. The Morgan fingerprint density at radius 2 is 2.00 bits per heavy atom. The number of aryl methyl sites for hydroxylation is 1. The number of hydrogen-bond acceptors (Lipinski definition) is 4. The number of H-pyrrole nitrogens is 1. The summed E-state index contributed by atoms with van der Waals surface area (Å²) in [7, 11) is 0. The fourth-order valence-corrected chi connectivity index (χ4v) is 2.98. The molecule has 5 nitrogen and oxygen atoms in total. The van der Waals surface area contributed by atoms with E-state index in [0.29, 0.717) is 5.69 Å². The summed E-state index contributed by atoms with van der Waals surface area (Å²) in [6, 6.07) is 9.66. The zero-order valence-corrected chi connectivity index (χ0v) is 11.9. The van der Waals surface area contributed by atoms with Crippen molar-refractivity contribution < 1.29 is 9.90 Å². The van der Waals surface area contributed by atoms with Gasteiger partial charge in [0.2, 0.25) is 0 Å². The lowest BCUT2D eigenvalue weighted by molar-refractivity contribution is 0.0690. The Kier molecular flexibility index (Phi) is 4.24. The van der Waals surface area contributed by atoms with Crippen LogP contribution in [-0.4, -0.2) is 21.0 Å². The van der Waals surface area contributed by atoms with E-state index < -0.39 is 11.7 Å². The van der Waals surface area contributed by atoms with Gasteiger partial charge in [0.05, 0.1) is 0 Å². The highest BCUT2D eigenvalue weighted by molar-refractivity contribution is 7.99. The Morgan fingerprint density at radius 3 is 2.60 bits per heavy atom. The third-order valence-electron chi connectivity index (χ3n) is 2.86. The maximum atomic E-state index is 11.4. The van der Waals surface area contributed by atoms with Crippen molar-refractivity contribution in [3.8, 4) is 0 Å². The molecular weight excluding hydrogens is 276 g/mol. The van der Waals surface area contributed by atoms with E-state index in [4.69, 9.17) is 0 Å². The first-order valence-electron chi connectivity index (χ1n) is 6.05. The number of aromatic carboxylic acids is 1. The van der Waals surface area contributed by atoms with E-state index in [1.807, 2.05) is 37.3 Å². The molecule has 0 amide bonds. The number of nitrogens with zero attached hydrogens (tertiary/aromatic N) is 1. The molecule has 0 aliphatic heterocycles. The lowest BCUT2D eigenvalue weighted by atomic mass is 10.2. The van der Waals surface area contributed by atoms with Crippen LogP contribution in [0.2, 0.25) is 0 Å². The maximum Gasteiger partial charge on any atom is 0.346 e. The summed E-state index contributed by atoms with van der Waals surface area (Å²) in [5, 5.41) is 9.49. The number of benzene rings is 1. The first-order chi connectivity index (χ1) is 9.49. The van der Waals surface area contributed by atoms with Gasteiger partial charge in [-0.3, -0.25) is 0 Å². The molecule has 0 radical (unpaired) electrons. The first-order valence-corrected chi connectivity index (χ1v) is 6.93. The second kappa shape index (κ2) is 5.92. The molecule has 0 aliphatic carbocycles. The molecule has 20 heavy (non-hydrogen) atoms. The average Bonchev–Trinajstić information content (AvgIpc) is 2.38. The summed E-state index contributed by atoms with van der Waals surface area (Å²) in [5.41, 5.74) is 0.890.